The maximum absolute atomic E-state index is 12.7. The van der Waals surface area contributed by atoms with Crippen LogP contribution < -0.4 is 0 Å². The van der Waals surface area contributed by atoms with Crippen molar-refractivity contribution in [1.29, 1.82) is 0 Å². The van der Waals surface area contributed by atoms with Crippen LogP contribution in [-0.2, 0) is 16.1 Å². The van der Waals surface area contributed by atoms with Gasteiger partial charge >= 0.3 is 0 Å². The Morgan fingerprint density at radius 3 is 2.88 bits per heavy atom. The van der Waals surface area contributed by atoms with Gasteiger partial charge in [0.25, 0.3) is 0 Å². The Morgan fingerprint density at radius 2 is 2.16 bits per heavy atom. The normalized spacial score (nSPS) is 31.8. The number of aliphatic hydroxyl groups excluding tert-OH is 1. The van der Waals surface area contributed by atoms with Crippen molar-refractivity contribution in [1.82, 2.24) is 19.6 Å². The second kappa shape index (κ2) is 6.44. The van der Waals surface area contributed by atoms with Gasteiger partial charge < -0.3 is 14.9 Å². The fraction of sp³-hybridized carbons (Fsp3) is 0.722. The lowest BCUT2D eigenvalue weighted by Crippen LogP contribution is -2.66. The molecule has 136 valence electrons. The number of aliphatic hydroxyl groups is 1. The number of likely N-dealkylation sites (tertiary alicyclic amines) is 1. The highest BCUT2D eigenvalue weighted by Crippen LogP contribution is 2.41. The van der Waals surface area contributed by atoms with Gasteiger partial charge in [-0.05, 0) is 43.6 Å². The molecule has 0 radical (unpaired) electrons. The Bertz CT molecular complexity index is 659. The highest BCUT2D eigenvalue weighted by atomic mass is 16.3. The van der Waals surface area contributed by atoms with E-state index in [2.05, 4.69) is 5.10 Å². The lowest BCUT2D eigenvalue weighted by atomic mass is 9.72. The Hall–Kier alpha value is -1.89. The van der Waals surface area contributed by atoms with Crippen LogP contribution in [0.4, 0.5) is 0 Å². The van der Waals surface area contributed by atoms with Gasteiger partial charge in [0, 0.05) is 31.7 Å². The summed E-state index contributed by atoms with van der Waals surface area (Å²) < 4.78 is 1.68. The molecule has 4 heterocycles. The van der Waals surface area contributed by atoms with E-state index in [1.54, 1.807) is 10.9 Å². The molecular formula is C18H26N4O3. The molecule has 0 aromatic carbocycles. The summed E-state index contributed by atoms with van der Waals surface area (Å²) in [5.41, 5.74) is 1.04. The lowest BCUT2D eigenvalue weighted by molar-refractivity contribution is -0.159. The standard InChI is InChI=1S/C18H26N4O3/c1-12-6-19-21(7-12)10-18(25)20-8-13-5-14(9-20)16(11-23)22-15(13)3-2-4-17(22)24/h6-7,13-16,23H,2-5,8-11H2,1H3/t13-,14+,15+,16+/m1/s1. The molecule has 3 fully saturated rings. The predicted octanol–water partition coefficient (Wildman–Crippen LogP) is 0.412. The molecule has 7 nitrogen and oxygen atoms in total. The van der Waals surface area contributed by atoms with Crippen molar-refractivity contribution in [3.05, 3.63) is 18.0 Å². The van der Waals surface area contributed by atoms with Crippen LogP contribution >= 0.6 is 0 Å². The second-order valence-corrected chi connectivity index (χ2v) is 7.78. The minimum atomic E-state index is -0.142. The van der Waals surface area contributed by atoms with E-state index in [0.717, 1.165) is 24.8 Å². The molecular weight excluding hydrogens is 320 g/mol. The second-order valence-electron chi connectivity index (χ2n) is 7.78. The molecule has 1 N–H and O–H groups in total. The molecule has 4 atom stereocenters. The molecule has 3 aliphatic heterocycles. The van der Waals surface area contributed by atoms with Crippen molar-refractivity contribution in [2.24, 2.45) is 11.8 Å². The molecule has 4 rings (SSSR count). The molecule has 25 heavy (non-hydrogen) atoms. The van der Waals surface area contributed by atoms with Gasteiger partial charge in [-0.2, -0.15) is 5.10 Å². The van der Waals surface area contributed by atoms with E-state index in [9.17, 15) is 14.7 Å². The van der Waals surface area contributed by atoms with Crippen LogP contribution in [-0.4, -0.2) is 68.3 Å². The van der Waals surface area contributed by atoms with Crippen LogP contribution in [0.5, 0.6) is 0 Å². The molecule has 7 heteroatoms. The molecule has 1 aromatic rings. The monoisotopic (exact) mass is 346 g/mol. The Morgan fingerprint density at radius 1 is 1.36 bits per heavy atom. The summed E-state index contributed by atoms with van der Waals surface area (Å²) in [4.78, 5) is 29.0. The molecule has 1 aromatic heterocycles. The first-order valence-electron chi connectivity index (χ1n) is 9.25. The van der Waals surface area contributed by atoms with Gasteiger partial charge in [0.2, 0.25) is 11.8 Å². The maximum Gasteiger partial charge on any atom is 0.244 e. The van der Waals surface area contributed by atoms with Crippen LogP contribution in [0.3, 0.4) is 0 Å². The van der Waals surface area contributed by atoms with E-state index in [1.165, 1.54) is 0 Å². The highest BCUT2D eigenvalue weighted by Gasteiger charge is 2.49. The first-order valence-corrected chi connectivity index (χ1v) is 9.25. The molecule has 2 bridgehead atoms. The van der Waals surface area contributed by atoms with E-state index in [-0.39, 0.29) is 43.0 Å². The number of amides is 2. The van der Waals surface area contributed by atoms with Crippen molar-refractivity contribution >= 4 is 11.8 Å². The first kappa shape index (κ1) is 16.6. The van der Waals surface area contributed by atoms with Crippen LogP contribution in [0, 0.1) is 18.8 Å². The predicted molar refractivity (Wildman–Crippen MR) is 90.5 cm³/mol. The third kappa shape index (κ3) is 2.94. The van der Waals surface area contributed by atoms with E-state index in [1.807, 2.05) is 22.9 Å². The van der Waals surface area contributed by atoms with Crippen molar-refractivity contribution in [3.8, 4) is 0 Å². The summed E-state index contributed by atoms with van der Waals surface area (Å²) in [7, 11) is 0. The zero-order valence-electron chi connectivity index (χ0n) is 14.7. The smallest absolute Gasteiger partial charge is 0.244 e. The van der Waals surface area contributed by atoms with Crippen LogP contribution in [0.2, 0.25) is 0 Å². The van der Waals surface area contributed by atoms with E-state index >= 15 is 0 Å². The van der Waals surface area contributed by atoms with Gasteiger partial charge in [-0.25, -0.2) is 0 Å². The third-order valence-electron chi connectivity index (χ3n) is 6.10. The molecule has 2 amide bonds. The van der Waals surface area contributed by atoms with E-state index in [4.69, 9.17) is 0 Å². The van der Waals surface area contributed by atoms with Gasteiger partial charge in [0.05, 0.1) is 18.8 Å². The maximum atomic E-state index is 12.7. The number of carbonyl (C=O) groups is 2. The summed E-state index contributed by atoms with van der Waals surface area (Å²) >= 11 is 0. The van der Waals surface area contributed by atoms with Gasteiger partial charge in [-0.1, -0.05) is 0 Å². The number of piperidine rings is 3. The fourth-order valence-corrected chi connectivity index (χ4v) is 5.01. The summed E-state index contributed by atoms with van der Waals surface area (Å²) in [6.07, 6.45) is 7.13. The van der Waals surface area contributed by atoms with Gasteiger partial charge in [-0.15, -0.1) is 0 Å². The number of nitrogens with zero attached hydrogens (tertiary/aromatic N) is 4. The van der Waals surface area contributed by atoms with Crippen LogP contribution in [0.25, 0.3) is 0 Å². The molecule has 0 unspecified atom stereocenters. The average Bonchev–Trinajstić information content (AvgIpc) is 3.01. The Balaban J connectivity index is 1.51. The first-order chi connectivity index (χ1) is 12.1. The molecule has 0 saturated carbocycles. The third-order valence-corrected chi connectivity index (χ3v) is 6.10. The minimum Gasteiger partial charge on any atom is -0.394 e. The molecule has 0 spiro atoms. The topological polar surface area (TPSA) is 78.7 Å². The summed E-state index contributed by atoms with van der Waals surface area (Å²) in [5.74, 6) is 0.751. The Labute approximate surface area is 147 Å². The van der Waals surface area contributed by atoms with Crippen molar-refractivity contribution in [3.63, 3.8) is 0 Å². The van der Waals surface area contributed by atoms with E-state index < -0.39 is 0 Å². The van der Waals surface area contributed by atoms with Gasteiger partial charge in [0.1, 0.15) is 6.54 Å². The Kier molecular flexibility index (Phi) is 4.27. The number of rotatable bonds is 3. The summed E-state index contributed by atoms with van der Waals surface area (Å²) in [6.45, 7) is 3.53. The number of hydrogen-bond donors (Lipinski definition) is 1. The van der Waals surface area contributed by atoms with E-state index in [0.29, 0.717) is 25.4 Å². The van der Waals surface area contributed by atoms with Crippen molar-refractivity contribution < 1.29 is 14.7 Å². The number of carbonyl (C=O) groups excluding carboxylic acids is 2. The summed E-state index contributed by atoms with van der Waals surface area (Å²) in [6, 6.07) is 0.0359. The zero-order valence-corrected chi connectivity index (χ0v) is 14.7. The van der Waals surface area contributed by atoms with Gasteiger partial charge in [0.15, 0.2) is 0 Å². The largest absolute Gasteiger partial charge is 0.394 e. The number of aryl methyl sites for hydroxylation is 1. The SMILES string of the molecule is Cc1cnn(CC(=O)N2C[C@H]3C[C@@H](C2)[C@H](CO)N2C(=O)CCC[C@@H]32)c1. The fourth-order valence-electron chi connectivity index (χ4n) is 5.01. The zero-order chi connectivity index (χ0) is 17.6. The lowest BCUT2D eigenvalue weighted by Gasteiger charge is -2.56. The number of aromatic nitrogens is 2. The van der Waals surface area contributed by atoms with Gasteiger partial charge in [-0.3, -0.25) is 14.3 Å². The molecule has 3 aliphatic rings. The highest BCUT2D eigenvalue weighted by molar-refractivity contribution is 5.78. The minimum absolute atomic E-state index is 0.0139. The average molecular weight is 346 g/mol. The van der Waals surface area contributed by atoms with Crippen LogP contribution in [0.15, 0.2) is 12.4 Å². The quantitative estimate of drug-likeness (QED) is 0.860. The number of hydrogen-bond acceptors (Lipinski definition) is 4. The number of fused-ring (bicyclic) bond motifs is 4. The molecule has 3 saturated heterocycles. The van der Waals surface area contributed by atoms with Crippen LogP contribution in [0.1, 0.15) is 31.2 Å². The summed E-state index contributed by atoms with van der Waals surface area (Å²) in [5, 5.41) is 14.1. The molecule has 0 aliphatic carbocycles. The van der Waals surface area contributed by atoms with Crippen molar-refractivity contribution in [2.75, 3.05) is 19.7 Å². The van der Waals surface area contributed by atoms with Crippen molar-refractivity contribution in [2.45, 2.75) is 51.2 Å².